The maximum absolute atomic E-state index is 13.3. The number of unbranched alkanes of at least 4 members (excludes halogenated alkanes) is 1. The molecule has 0 saturated carbocycles. The van der Waals surface area contributed by atoms with Crippen molar-refractivity contribution < 1.29 is 53.1 Å². The van der Waals surface area contributed by atoms with Crippen molar-refractivity contribution in [3.63, 3.8) is 0 Å². The number of carbonyl (C=O) groups excluding carboxylic acids is 5. The Labute approximate surface area is 303 Å². The smallest absolute Gasteiger partial charge is 0.407 e. The zero-order valence-corrected chi connectivity index (χ0v) is 30.8. The largest absolute Gasteiger partial charge is 0.481 e. The van der Waals surface area contributed by atoms with Crippen molar-refractivity contribution >= 4 is 29.8 Å². The molecule has 0 radical (unpaired) electrons. The van der Waals surface area contributed by atoms with Gasteiger partial charge in [0.05, 0.1) is 24.0 Å². The summed E-state index contributed by atoms with van der Waals surface area (Å²) in [7, 11) is 1.99. The Morgan fingerprint density at radius 2 is 1.87 bits per heavy atom. The third-order valence-corrected chi connectivity index (χ3v) is 10.4. The lowest BCUT2D eigenvalue weighted by Gasteiger charge is -2.61. The second kappa shape index (κ2) is 15.4. The molecule has 1 fully saturated rings. The maximum Gasteiger partial charge on any atom is 0.407 e. The Morgan fingerprint density at radius 1 is 1.12 bits per heavy atom. The second-order valence-electron chi connectivity index (χ2n) is 15.2. The Hall–Kier alpha value is -4.21. The van der Waals surface area contributed by atoms with Gasteiger partial charge < -0.3 is 50.0 Å². The van der Waals surface area contributed by atoms with Crippen LogP contribution < -0.4 is 20.7 Å². The quantitative estimate of drug-likeness (QED) is 0.106. The van der Waals surface area contributed by atoms with E-state index in [0.717, 1.165) is 11.1 Å². The van der Waals surface area contributed by atoms with Crippen molar-refractivity contribution in [2.24, 2.45) is 0 Å². The van der Waals surface area contributed by atoms with E-state index in [4.69, 9.17) is 18.9 Å². The first-order chi connectivity index (χ1) is 24.5. The van der Waals surface area contributed by atoms with Crippen LogP contribution in [0, 0.1) is 0 Å². The van der Waals surface area contributed by atoms with Gasteiger partial charge in [-0.25, -0.2) is 9.59 Å². The molecule has 6 atom stereocenters. The molecule has 3 amide bonds. The van der Waals surface area contributed by atoms with Gasteiger partial charge in [0.2, 0.25) is 11.8 Å². The Bertz CT molecular complexity index is 1610. The highest BCUT2D eigenvalue weighted by molar-refractivity contribution is 5.87. The number of rotatable bonds is 14. The molecule has 2 heterocycles. The van der Waals surface area contributed by atoms with Crippen LogP contribution in [0.25, 0.3) is 0 Å². The van der Waals surface area contributed by atoms with Gasteiger partial charge in [0.25, 0.3) is 0 Å². The molecule has 5 N–H and O–H groups in total. The third kappa shape index (κ3) is 7.76. The van der Waals surface area contributed by atoms with Crippen molar-refractivity contribution in [3.8, 4) is 5.75 Å². The summed E-state index contributed by atoms with van der Waals surface area (Å²) in [5.41, 5.74) is -0.182. The first-order valence-electron chi connectivity index (χ1n) is 18.0. The van der Waals surface area contributed by atoms with Crippen molar-refractivity contribution in [2.45, 2.75) is 127 Å². The van der Waals surface area contributed by atoms with E-state index in [0.29, 0.717) is 56.5 Å². The summed E-state index contributed by atoms with van der Waals surface area (Å²) in [6, 6.07) is 2.78. The van der Waals surface area contributed by atoms with Gasteiger partial charge in [-0.1, -0.05) is 12.1 Å². The molecule has 1 saturated heterocycles. The van der Waals surface area contributed by atoms with Gasteiger partial charge in [0.1, 0.15) is 23.2 Å². The number of hydrogen-bond acceptors (Lipinski definition) is 12. The zero-order chi connectivity index (χ0) is 38.0. The van der Waals surface area contributed by atoms with Gasteiger partial charge in [0.15, 0.2) is 12.2 Å². The van der Waals surface area contributed by atoms with E-state index in [1.807, 2.05) is 19.2 Å². The molecule has 4 aliphatic rings. The number of amides is 3. The van der Waals surface area contributed by atoms with E-state index in [-0.39, 0.29) is 37.8 Å². The zero-order valence-electron chi connectivity index (χ0n) is 30.8. The summed E-state index contributed by atoms with van der Waals surface area (Å²) in [4.78, 5) is 64.5. The molecule has 2 aliphatic carbocycles. The highest BCUT2D eigenvalue weighted by Crippen LogP contribution is 2.64. The van der Waals surface area contributed by atoms with E-state index in [2.05, 4.69) is 20.9 Å². The molecule has 1 spiro atoms. The number of alkyl carbamates (subject to hydrolysis) is 1. The molecule has 15 nitrogen and oxygen atoms in total. The molecule has 1 aromatic carbocycles. The first-order valence-corrected chi connectivity index (χ1v) is 18.0. The monoisotopic (exact) mass is 728 g/mol. The van der Waals surface area contributed by atoms with Crippen LogP contribution in [0.3, 0.4) is 0 Å². The first kappa shape index (κ1) is 39.0. The highest BCUT2D eigenvalue weighted by Gasteiger charge is 2.72. The van der Waals surface area contributed by atoms with Gasteiger partial charge in [-0.15, -0.1) is 0 Å². The van der Waals surface area contributed by atoms with Crippen molar-refractivity contribution in [1.29, 1.82) is 0 Å². The highest BCUT2D eigenvalue weighted by atomic mass is 16.6. The lowest BCUT2D eigenvalue weighted by Crippen LogP contribution is -2.74. The summed E-state index contributed by atoms with van der Waals surface area (Å²) >= 11 is 0. The predicted octanol–water partition coefficient (Wildman–Crippen LogP) is 1.64. The molecule has 52 heavy (non-hydrogen) atoms. The van der Waals surface area contributed by atoms with Crippen LogP contribution in [-0.2, 0) is 51.8 Å². The van der Waals surface area contributed by atoms with E-state index in [9.17, 15) is 34.2 Å². The number of aliphatic hydroxyl groups is 2. The van der Waals surface area contributed by atoms with Gasteiger partial charge >= 0.3 is 18.0 Å². The molecule has 286 valence electrons. The van der Waals surface area contributed by atoms with E-state index < -0.39 is 64.7 Å². The van der Waals surface area contributed by atoms with Crippen LogP contribution in [0.2, 0.25) is 0 Å². The number of nitrogens with zero attached hydrogens (tertiary/aromatic N) is 1. The molecule has 5 rings (SSSR count). The molecular weight excluding hydrogens is 676 g/mol. The van der Waals surface area contributed by atoms with E-state index in [1.165, 1.54) is 13.8 Å². The third-order valence-electron chi connectivity index (χ3n) is 10.4. The summed E-state index contributed by atoms with van der Waals surface area (Å²) in [5.74, 6) is -1.69. The maximum atomic E-state index is 13.3. The number of ether oxygens (including phenoxy) is 4. The summed E-state index contributed by atoms with van der Waals surface area (Å²) in [6.45, 7) is 8.66. The number of likely N-dealkylation sites (N-methyl/N-ethyl adjacent to an activating group) is 1. The summed E-state index contributed by atoms with van der Waals surface area (Å²) in [5, 5.41) is 30.3. The van der Waals surface area contributed by atoms with Crippen LogP contribution >= 0.6 is 0 Å². The Balaban J connectivity index is 1.12. The summed E-state index contributed by atoms with van der Waals surface area (Å²) in [6.07, 6.45) is 1.57. The normalized spacial score (nSPS) is 25.3. The minimum absolute atomic E-state index is 0.0959. The number of hydrogen-bond donors (Lipinski definition) is 5. The van der Waals surface area contributed by atoms with Crippen LogP contribution in [0.4, 0.5) is 4.79 Å². The van der Waals surface area contributed by atoms with Gasteiger partial charge in [-0.3, -0.25) is 14.4 Å². The fraction of sp³-hybridized carbons (Fsp3) is 0.649. The summed E-state index contributed by atoms with van der Waals surface area (Å²) < 4.78 is 22.8. The van der Waals surface area contributed by atoms with Gasteiger partial charge in [-0.05, 0) is 85.0 Å². The lowest BCUT2D eigenvalue weighted by atomic mass is 9.50. The van der Waals surface area contributed by atoms with Crippen LogP contribution in [0.5, 0.6) is 5.75 Å². The van der Waals surface area contributed by atoms with Gasteiger partial charge in [-0.2, -0.15) is 0 Å². The van der Waals surface area contributed by atoms with Crippen molar-refractivity contribution in [2.75, 3.05) is 26.7 Å². The van der Waals surface area contributed by atoms with Crippen LogP contribution in [0.15, 0.2) is 24.0 Å². The van der Waals surface area contributed by atoms with Crippen molar-refractivity contribution in [1.82, 2.24) is 20.9 Å². The Kier molecular flexibility index (Phi) is 11.6. The van der Waals surface area contributed by atoms with E-state index >= 15 is 0 Å². The number of likely N-dealkylation sites (tertiary alicyclic amines) is 1. The average molecular weight is 729 g/mol. The number of esters is 2. The number of nitrogens with one attached hydrogen (secondary N) is 3. The molecule has 0 aromatic heterocycles. The fourth-order valence-electron chi connectivity index (χ4n) is 8.04. The molecule has 2 aliphatic heterocycles. The Morgan fingerprint density at radius 3 is 2.56 bits per heavy atom. The minimum atomic E-state index is -1.28. The molecule has 0 unspecified atom stereocenters. The predicted molar refractivity (Wildman–Crippen MR) is 186 cm³/mol. The van der Waals surface area contributed by atoms with Gasteiger partial charge in [0, 0.05) is 43.6 Å². The van der Waals surface area contributed by atoms with Crippen LogP contribution in [-0.4, -0.2) is 107 Å². The number of piperidine rings is 1. The average Bonchev–Trinajstić information content (AvgIpc) is 3.42. The molecule has 1 aromatic rings. The SMILES string of the molecule is CC(=O)N[C@@H](CCCCNC(=O)OC(C)(C)C)C(=O)NCCC(=O)O[C@@H](C)C(=O)OC1=CC[C@@]2(O)[C@H]3Cc4ccc(CO)c5c4[C@@]2(CCN3C)[C@H]1O5. The van der Waals surface area contributed by atoms with Crippen LogP contribution in [0.1, 0.15) is 89.8 Å². The standard InChI is InChI=1S/C37H52N4O11/c1-21(49-28(44)13-17-38-32(45)25(40-22(2)43)9-7-8-16-39-34(47)52-35(3,4)5)33(46)50-26-12-14-37(48)27-19-23-10-11-24(20-42)30-29(23)36(37,31(26)51-30)15-18-41(27)6/h10-12,21,25,27,31,42,48H,7-9,13-20H2,1-6H3,(H,38,45)(H,39,47)(H,40,43)/t21-,25-,27+,31-,36-,37+/m0/s1. The number of carbonyl (C=O) groups is 5. The number of aliphatic hydroxyl groups excluding tert-OH is 1. The topological polar surface area (TPSA) is 202 Å². The fourth-order valence-corrected chi connectivity index (χ4v) is 8.04. The van der Waals surface area contributed by atoms with E-state index in [1.54, 1.807) is 26.8 Å². The van der Waals surface area contributed by atoms with Crippen molar-refractivity contribution in [3.05, 3.63) is 40.7 Å². The molecule has 15 heteroatoms. The second-order valence-corrected chi connectivity index (χ2v) is 15.2. The molecular formula is C37H52N4O11. The minimum Gasteiger partial charge on any atom is -0.481 e. The molecule has 2 bridgehead atoms. The lowest BCUT2D eigenvalue weighted by molar-refractivity contribution is -0.175. The number of benzene rings is 1.